The van der Waals surface area contributed by atoms with Gasteiger partial charge in [0.1, 0.15) is 5.82 Å². The minimum atomic E-state index is -0.215. The number of aromatic nitrogens is 1. The van der Waals surface area contributed by atoms with E-state index in [1.54, 1.807) is 17.3 Å². The molecule has 3 rings (SSSR count). The quantitative estimate of drug-likeness (QED) is 0.794. The van der Waals surface area contributed by atoms with Crippen LogP contribution in [0.3, 0.4) is 0 Å². The Morgan fingerprint density at radius 2 is 1.73 bits per heavy atom. The third kappa shape index (κ3) is 5.02. The average Bonchev–Trinajstić information content (AvgIpc) is 2.68. The van der Waals surface area contributed by atoms with Crippen molar-refractivity contribution in [2.45, 2.75) is 6.42 Å². The van der Waals surface area contributed by atoms with Crippen LogP contribution in [0.1, 0.15) is 5.56 Å². The van der Waals surface area contributed by atoms with Crippen molar-refractivity contribution in [1.82, 2.24) is 14.8 Å². The Labute approximate surface area is 154 Å². The molecule has 1 saturated heterocycles. The summed E-state index contributed by atoms with van der Waals surface area (Å²) in [6.45, 7) is 4.52. The number of halogens is 1. The van der Waals surface area contributed by atoms with Crippen LogP contribution in [0, 0.1) is 5.82 Å². The first-order chi connectivity index (χ1) is 12.6. The molecule has 138 valence electrons. The molecule has 0 unspecified atom stereocenters. The van der Waals surface area contributed by atoms with E-state index < -0.39 is 0 Å². The van der Waals surface area contributed by atoms with E-state index in [1.165, 1.54) is 17.7 Å². The van der Waals surface area contributed by atoms with Gasteiger partial charge in [0.05, 0.1) is 6.54 Å². The van der Waals surface area contributed by atoms with Crippen molar-refractivity contribution >= 4 is 11.6 Å². The Bertz CT molecular complexity index is 700. The summed E-state index contributed by atoms with van der Waals surface area (Å²) in [5, 5.41) is 0. The highest BCUT2D eigenvalue weighted by atomic mass is 19.1. The fourth-order valence-electron chi connectivity index (χ4n) is 3.10. The predicted octanol–water partition coefficient (Wildman–Crippen LogP) is 2.04. The molecule has 0 aliphatic carbocycles. The lowest BCUT2D eigenvalue weighted by Gasteiger charge is -2.36. The van der Waals surface area contributed by atoms with Crippen LogP contribution in [0.25, 0.3) is 0 Å². The van der Waals surface area contributed by atoms with Crippen LogP contribution in [0.4, 0.5) is 10.1 Å². The van der Waals surface area contributed by atoms with Crippen LogP contribution in [-0.4, -0.2) is 67.0 Å². The molecule has 1 fully saturated rings. The van der Waals surface area contributed by atoms with E-state index in [0.29, 0.717) is 13.1 Å². The SMILES string of the molecule is CN(CCc1ccncc1)C(=O)CN1CCN(c2ccc(F)cc2)CC1. The van der Waals surface area contributed by atoms with Crippen LogP contribution in [-0.2, 0) is 11.2 Å². The van der Waals surface area contributed by atoms with E-state index in [4.69, 9.17) is 0 Å². The molecule has 1 aliphatic rings. The van der Waals surface area contributed by atoms with Gasteiger partial charge in [-0.25, -0.2) is 4.39 Å². The summed E-state index contributed by atoms with van der Waals surface area (Å²) in [4.78, 5) is 22.7. The molecule has 0 bridgehead atoms. The van der Waals surface area contributed by atoms with E-state index in [2.05, 4.69) is 14.8 Å². The Morgan fingerprint density at radius 3 is 2.38 bits per heavy atom. The first-order valence-corrected chi connectivity index (χ1v) is 8.97. The number of pyridine rings is 1. The van der Waals surface area contributed by atoms with Crippen molar-refractivity contribution in [3.63, 3.8) is 0 Å². The van der Waals surface area contributed by atoms with Crippen molar-refractivity contribution in [3.8, 4) is 0 Å². The fraction of sp³-hybridized carbons (Fsp3) is 0.400. The summed E-state index contributed by atoms with van der Waals surface area (Å²) < 4.78 is 13.0. The van der Waals surface area contributed by atoms with Gasteiger partial charge in [0.15, 0.2) is 0 Å². The van der Waals surface area contributed by atoms with Crippen molar-refractivity contribution < 1.29 is 9.18 Å². The molecular formula is C20H25FN4O. The normalized spacial score (nSPS) is 15.1. The number of carbonyl (C=O) groups is 1. The van der Waals surface area contributed by atoms with Gasteiger partial charge in [-0.15, -0.1) is 0 Å². The Hall–Kier alpha value is -2.47. The average molecular weight is 356 g/mol. The second-order valence-electron chi connectivity index (χ2n) is 6.66. The number of benzene rings is 1. The fourth-order valence-corrected chi connectivity index (χ4v) is 3.10. The zero-order valence-corrected chi connectivity index (χ0v) is 15.1. The third-order valence-corrected chi connectivity index (χ3v) is 4.83. The smallest absolute Gasteiger partial charge is 0.236 e. The van der Waals surface area contributed by atoms with Crippen molar-refractivity contribution in [1.29, 1.82) is 0 Å². The van der Waals surface area contributed by atoms with Crippen LogP contribution in [0.2, 0.25) is 0 Å². The second kappa shape index (κ2) is 8.76. The van der Waals surface area contributed by atoms with Gasteiger partial charge < -0.3 is 9.80 Å². The molecule has 6 heteroatoms. The van der Waals surface area contributed by atoms with Crippen molar-refractivity contribution in [3.05, 3.63) is 60.2 Å². The van der Waals surface area contributed by atoms with Crippen LogP contribution < -0.4 is 4.90 Å². The van der Waals surface area contributed by atoms with E-state index >= 15 is 0 Å². The molecule has 2 heterocycles. The molecule has 1 amide bonds. The van der Waals surface area contributed by atoms with Gasteiger partial charge in [0.25, 0.3) is 0 Å². The van der Waals surface area contributed by atoms with E-state index in [9.17, 15) is 9.18 Å². The summed E-state index contributed by atoms with van der Waals surface area (Å²) in [7, 11) is 1.86. The van der Waals surface area contributed by atoms with E-state index in [-0.39, 0.29) is 11.7 Å². The minimum Gasteiger partial charge on any atom is -0.369 e. The molecular weight excluding hydrogens is 331 g/mol. The highest BCUT2D eigenvalue weighted by Gasteiger charge is 2.20. The number of likely N-dealkylation sites (N-methyl/N-ethyl adjacent to an activating group) is 1. The number of piperazine rings is 1. The lowest BCUT2D eigenvalue weighted by atomic mass is 10.2. The van der Waals surface area contributed by atoms with Gasteiger partial charge in [0.2, 0.25) is 5.91 Å². The maximum atomic E-state index is 13.0. The molecule has 0 atom stereocenters. The topological polar surface area (TPSA) is 39.7 Å². The molecule has 0 radical (unpaired) electrons. The third-order valence-electron chi connectivity index (χ3n) is 4.83. The van der Waals surface area contributed by atoms with Crippen LogP contribution in [0.5, 0.6) is 0 Å². The number of amides is 1. The molecule has 1 aromatic heterocycles. The standard InChI is InChI=1S/C20H25FN4O/c1-23(11-8-17-6-9-22-10-7-17)20(26)16-24-12-14-25(15-13-24)19-4-2-18(21)3-5-19/h2-7,9-10H,8,11-16H2,1H3. The van der Waals surface area contributed by atoms with Crippen LogP contribution >= 0.6 is 0 Å². The molecule has 1 aliphatic heterocycles. The first-order valence-electron chi connectivity index (χ1n) is 8.97. The molecule has 0 saturated carbocycles. The Morgan fingerprint density at radius 1 is 1.08 bits per heavy atom. The Balaban J connectivity index is 1.42. The zero-order valence-electron chi connectivity index (χ0n) is 15.1. The largest absolute Gasteiger partial charge is 0.369 e. The zero-order chi connectivity index (χ0) is 18.4. The number of hydrogen-bond donors (Lipinski definition) is 0. The molecule has 2 aromatic rings. The van der Waals surface area contributed by atoms with Gasteiger partial charge in [-0.2, -0.15) is 0 Å². The summed E-state index contributed by atoms with van der Waals surface area (Å²) in [5.74, 6) is -0.0675. The Kier molecular flexibility index (Phi) is 6.17. The predicted molar refractivity (Wildman–Crippen MR) is 101 cm³/mol. The van der Waals surface area contributed by atoms with Crippen molar-refractivity contribution in [2.24, 2.45) is 0 Å². The van der Waals surface area contributed by atoms with E-state index in [1.807, 2.05) is 31.3 Å². The maximum Gasteiger partial charge on any atom is 0.236 e. The number of hydrogen-bond acceptors (Lipinski definition) is 4. The molecule has 0 spiro atoms. The summed E-state index contributed by atoms with van der Waals surface area (Å²) in [5.41, 5.74) is 2.22. The highest BCUT2D eigenvalue weighted by Crippen LogP contribution is 2.16. The monoisotopic (exact) mass is 356 g/mol. The van der Waals surface area contributed by atoms with Crippen molar-refractivity contribution in [2.75, 3.05) is 51.2 Å². The lowest BCUT2D eigenvalue weighted by Crippen LogP contribution is -2.49. The van der Waals surface area contributed by atoms with Gasteiger partial charge in [0, 0.05) is 57.9 Å². The highest BCUT2D eigenvalue weighted by molar-refractivity contribution is 5.78. The maximum absolute atomic E-state index is 13.0. The number of anilines is 1. The lowest BCUT2D eigenvalue weighted by molar-refractivity contribution is -0.131. The molecule has 0 N–H and O–H groups in total. The number of carbonyl (C=O) groups excluding carboxylic acids is 1. The second-order valence-corrected chi connectivity index (χ2v) is 6.66. The van der Waals surface area contributed by atoms with Crippen LogP contribution in [0.15, 0.2) is 48.8 Å². The minimum absolute atomic E-state index is 0.147. The first kappa shape index (κ1) is 18.3. The summed E-state index contributed by atoms with van der Waals surface area (Å²) in [6, 6.07) is 10.6. The van der Waals surface area contributed by atoms with Gasteiger partial charge in [-0.05, 0) is 48.4 Å². The summed E-state index contributed by atoms with van der Waals surface area (Å²) >= 11 is 0. The number of nitrogens with zero attached hydrogens (tertiary/aromatic N) is 4. The van der Waals surface area contributed by atoms with Gasteiger partial charge >= 0.3 is 0 Å². The van der Waals surface area contributed by atoms with Gasteiger partial charge in [-0.3, -0.25) is 14.7 Å². The molecule has 5 nitrogen and oxygen atoms in total. The van der Waals surface area contributed by atoms with E-state index in [0.717, 1.165) is 38.3 Å². The number of rotatable bonds is 6. The molecule has 1 aromatic carbocycles. The molecule has 26 heavy (non-hydrogen) atoms. The van der Waals surface area contributed by atoms with Gasteiger partial charge in [-0.1, -0.05) is 0 Å². The summed E-state index contributed by atoms with van der Waals surface area (Å²) in [6.07, 6.45) is 4.39.